The van der Waals surface area contributed by atoms with Crippen LogP contribution in [0, 0.1) is 5.82 Å². The van der Waals surface area contributed by atoms with Crippen LogP contribution in [0.2, 0.25) is 10.0 Å². The minimum absolute atomic E-state index is 0.00897. The van der Waals surface area contributed by atoms with Crippen molar-refractivity contribution in [2.75, 3.05) is 23.9 Å². The van der Waals surface area contributed by atoms with E-state index in [1.54, 1.807) is 0 Å². The van der Waals surface area contributed by atoms with E-state index in [4.69, 9.17) is 29.3 Å². The minimum atomic E-state index is -3.87. The SMILES string of the molecule is [2H]C1(O)c2cc(Cl)ccc2N(C(=O)c2ccc(NC(=O)c3cc(F)ccc3Cl)c(OC)c2)CCC1(F)F. The Kier molecular flexibility index (Phi) is 6.79. The van der Waals surface area contributed by atoms with E-state index in [0.717, 1.165) is 23.1 Å². The Morgan fingerprint density at radius 2 is 1.92 bits per heavy atom. The molecule has 188 valence electrons. The lowest BCUT2D eigenvalue weighted by molar-refractivity contribution is -0.112. The van der Waals surface area contributed by atoms with E-state index in [9.17, 15) is 27.9 Å². The summed E-state index contributed by atoms with van der Waals surface area (Å²) >= 11 is 11.9. The lowest BCUT2D eigenvalue weighted by atomic mass is 10.0. The van der Waals surface area contributed by atoms with Crippen molar-refractivity contribution < 1.29 is 34.0 Å². The number of rotatable bonds is 4. The van der Waals surface area contributed by atoms with Crippen LogP contribution >= 0.6 is 23.2 Å². The molecule has 0 radical (unpaired) electrons. The summed E-state index contributed by atoms with van der Waals surface area (Å²) in [5, 5.41) is 13.0. The highest BCUT2D eigenvalue weighted by atomic mass is 35.5. The standard InChI is InChI=1S/C25H19Cl2F3N2O4/c1-36-21-10-13(2-6-19(21)31-23(34)16-12-15(28)4-5-18(16)27)24(35)32-9-8-25(29,30)22(33)17-11-14(26)3-7-20(17)32/h2-7,10-12,22,33H,8-9H2,1H3,(H,31,34)/i22D. The predicted octanol–water partition coefficient (Wildman–Crippen LogP) is 6.11. The van der Waals surface area contributed by atoms with E-state index in [2.05, 4.69) is 5.32 Å². The monoisotopic (exact) mass is 539 g/mol. The third kappa shape index (κ3) is 5.00. The molecule has 2 N–H and O–H groups in total. The number of anilines is 2. The maximum Gasteiger partial charge on any atom is 0.279 e. The molecule has 0 spiro atoms. The smallest absolute Gasteiger partial charge is 0.279 e. The number of fused-ring (bicyclic) bond motifs is 1. The molecule has 0 bridgehead atoms. The number of aliphatic hydroxyl groups is 1. The van der Waals surface area contributed by atoms with Gasteiger partial charge in [-0.15, -0.1) is 0 Å². The van der Waals surface area contributed by atoms with Crippen molar-refractivity contribution in [3.63, 3.8) is 0 Å². The largest absolute Gasteiger partial charge is 0.495 e. The number of hydrogen-bond acceptors (Lipinski definition) is 4. The maximum absolute atomic E-state index is 14.7. The van der Waals surface area contributed by atoms with Gasteiger partial charge in [0.25, 0.3) is 17.7 Å². The Hall–Kier alpha value is -3.27. The molecule has 0 aromatic heterocycles. The summed E-state index contributed by atoms with van der Waals surface area (Å²) < 4.78 is 56.2. The number of methoxy groups -OCH3 is 1. The van der Waals surface area contributed by atoms with Crippen LogP contribution in [0.1, 0.15) is 40.2 Å². The zero-order valence-corrected chi connectivity index (χ0v) is 20.1. The Morgan fingerprint density at radius 3 is 2.64 bits per heavy atom. The highest BCUT2D eigenvalue weighted by molar-refractivity contribution is 6.34. The summed E-state index contributed by atoms with van der Waals surface area (Å²) in [7, 11) is 1.29. The molecule has 0 aliphatic carbocycles. The maximum atomic E-state index is 14.7. The third-order valence-corrected chi connectivity index (χ3v) is 6.18. The first kappa shape index (κ1) is 24.4. The van der Waals surface area contributed by atoms with Crippen molar-refractivity contribution in [2.24, 2.45) is 0 Å². The van der Waals surface area contributed by atoms with Crippen LogP contribution in [0.25, 0.3) is 0 Å². The second-order valence-corrected chi connectivity index (χ2v) is 8.76. The molecule has 36 heavy (non-hydrogen) atoms. The average Bonchev–Trinajstić information content (AvgIpc) is 2.92. The highest BCUT2D eigenvalue weighted by Gasteiger charge is 2.44. The number of halogens is 5. The number of carbonyl (C=O) groups is 2. The minimum Gasteiger partial charge on any atom is -0.495 e. The summed E-state index contributed by atoms with van der Waals surface area (Å²) in [6.07, 6.45) is -4.29. The molecular weight excluding hydrogens is 520 g/mol. The lowest BCUT2D eigenvalue weighted by Gasteiger charge is -2.24. The van der Waals surface area contributed by atoms with E-state index in [1.807, 2.05) is 0 Å². The number of hydrogen-bond donors (Lipinski definition) is 2. The fraction of sp³-hybridized carbons (Fsp3) is 0.200. The summed E-state index contributed by atoms with van der Waals surface area (Å²) in [6, 6.07) is 10.9. The van der Waals surface area contributed by atoms with Crippen LogP contribution in [0.4, 0.5) is 24.5 Å². The van der Waals surface area contributed by atoms with Gasteiger partial charge in [-0.25, -0.2) is 13.2 Å². The first-order valence-electron chi connectivity index (χ1n) is 11.0. The molecule has 1 atom stereocenters. The van der Waals surface area contributed by atoms with Crippen LogP contribution < -0.4 is 15.0 Å². The number of benzene rings is 3. The molecule has 3 aromatic rings. The molecule has 3 aromatic carbocycles. The van der Waals surface area contributed by atoms with E-state index in [1.165, 1.54) is 43.5 Å². The van der Waals surface area contributed by atoms with Gasteiger partial charge in [-0.05, 0) is 54.6 Å². The molecule has 4 rings (SSSR count). The lowest BCUT2D eigenvalue weighted by Crippen LogP contribution is -2.33. The molecule has 0 saturated carbocycles. The number of nitrogens with one attached hydrogen (secondary N) is 1. The van der Waals surface area contributed by atoms with Gasteiger partial charge >= 0.3 is 0 Å². The molecule has 1 heterocycles. The highest BCUT2D eigenvalue weighted by Crippen LogP contribution is 2.43. The van der Waals surface area contributed by atoms with Gasteiger partial charge in [-0.1, -0.05) is 23.2 Å². The summed E-state index contributed by atoms with van der Waals surface area (Å²) in [5.41, 5.74) is -0.579. The van der Waals surface area contributed by atoms with Gasteiger partial charge in [0.2, 0.25) is 0 Å². The molecular formula is C25H19Cl2F3N2O4. The molecule has 6 nitrogen and oxygen atoms in total. The van der Waals surface area contributed by atoms with Crippen molar-refractivity contribution in [2.45, 2.75) is 18.4 Å². The number of amides is 2. The van der Waals surface area contributed by atoms with Gasteiger partial charge in [0.05, 0.1) is 30.4 Å². The second kappa shape index (κ2) is 10.0. The number of ether oxygens (including phenoxy) is 1. The van der Waals surface area contributed by atoms with Gasteiger partial charge in [0.1, 0.15) is 17.6 Å². The normalized spacial score (nSPS) is 19.1. The second-order valence-electron chi connectivity index (χ2n) is 7.91. The van der Waals surface area contributed by atoms with Crippen LogP contribution in [-0.2, 0) is 0 Å². The Morgan fingerprint density at radius 1 is 1.17 bits per heavy atom. The molecule has 1 unspecified atom stereocenters. The van der Waals surface area contributed by atoms with E-state index in [0.29, 0.717) is 0 Å². The fourth-order valence-corrected chi connectivity index (χ4v) is 4.15. The molecule has 1 aliphatic rings. The van der Waals surface area contributed by atoms with Crippen LogP contribution in [0.3, 0.4) is 0 Å². The average molecular weight is 540 g/mol. The van der Waals surface area contributed by atoms with Crippen molar-refractivity contribution in [1.82, 2.24) is 0 Å². The van der Waals surface area contributed by atoms with Crippen LogP contribution in [-0.4, -0.2) is 36.5 Å². The zero-order valence-electron chi connectivity index (χ0n) is 19.6. The molecule has 11 heteroatoms. The van der Waals surface area contributed by atoms with Gasteiger partial charge in [-0.2, -0.15) is 0 Å². The topological polar surface area (TPSA) is 78.9 Å². The van der Waals surface area contributed by atoms with Crippen molar-refractivity contribution in [1.29, 1.82) is 0 Å². The Bertz CT molecular complexity index is 1400. The van der Waals surface area contributed by atoms with Gasteiger partial charge in [0, 0.05) is 29.1 Å². The first-order chi connectivity index (χ1) is 17.4. The van der Waals surface area contributed by atoms with E-state index >= 15 is 0 Å². The van der Waals surface area contributed by atoms with Gasteiger partial charge in [0.15, 0.2) is 0 Å². The zero-order chi connectivity index (χ0) is 27.1. The van der Waals surface area contributed by atoms with Crippen molar-refractivity contribution in [3.8, 4) is 5.75 Å². The summed E-state index contributed by atoms with van der Waals surface area (Å²) in [6.45, 7) is -0.499. The molecule has 2 amide bonds. The Balaban J connectivity index is 1.68. The third-order valence-electron chi connectivity index (χ3n) is 5.62. The van der Waals surface area contributed by atoms with Crippen molar-refractivity contribution >= 4 is 46.4 Å². The van der Waals surface area contributed by atoms with Gasteiger partial charge < -0.3 is 20.1 Å². The van der Waals surface area contributed by atoms with Gasteiger partial charge in [-0.3, -0.25) is 9.59 Å². The van der Waals surface area contributed by atoms with Crippen molar-refractivity contribution in [3.05, 3.63) is 87.2 Å². The van der Waals surface area contributed by atoms with Crippen LogP contribution in [0.5, 0.6) is 5.75 Å². The van der Waals surface area contributed by atoms with Crippen LogP contribution in [0.15, 0.2) is 54.6 Å². The fourth-order valence-electron chi connectivity index (χ4n) is 3.78. The molecule has 0 saturated heterocycles. The Labute approximate surface area is 215 Å². The number of carbonyl (C=O) groups excluding carboxylic acids is 2. The summed E-state index contributed by atoms with van der Waals surface area (Å²) in [4.78, 5) is 27.1. The molecule has 0 fully saturated rings. The molecule has 1 aliphatic heterocycles. The number of alkyl halides is 2. The first-order valence-corrected chi connectivity index (χ1v) is 11.3. The predicted molar refractivity (Wildman–Crippen MR) is 130 cm³/mol. The summed E-state index contributed by atoms with van der Waals surface area (Å²) in [5.74, 6) is -5.92. The van der Waals surface area contributed by atoms with E-state index < -0.39 is 48.2 Å². The quantitative estimate of drug-likeness (QED) is 0.419. The van der Waals surface area contributed by atoms with E-state index in [-0.39, 0.29) is 38.3 Å². The number of nitrogens with zero attached hydrogens (tertiary/aromatic N) is 1.